The molecule has 140 valence electrons. The van der Waals surface area contributed by atoms with Gasteiger partial charge in [0.1, 0.15) is 11.0 Å². The van der Waals surface area contributed by atoms with Crippen molar-refractivity contribution in [3.63, 3.8) is 0 Å². The van der Waals surface area contributed by atoms with E-state index >= 15 is 0 Å². The van der Waals surface area contributed by atoms with Crippen molar-refractivity contribution in [3.8, 4) is 11.8 Å². The molecule has 1 saturated heterocycles. The van der Waals surface area contributed by atoms with Crippen LogP contribution in [0.15, 0.2) is 35.5 Å². The first-order valence-electron chi connectivity index (χ1n) is 7.88. The summed E-state index contributed by atoms with van der Waals surface area (Å²) in [7, 11) is -2.29. The second-order valence-electron chi connectivity index (χ2n) is 5.72. The van der Waals surface area contributed by atoms with E-state index in [0.29, 0.717) is 30.3 Å². The number of piperidine rings is 1. The van der Waals surface area contributed by atoms with Gasteiger partial charge in [0.15, 0.2) is 0 Å². The third-order valence-electron chi connectivity index (χ3n) is 3.94. The lowest BCUT2D eigenvalue weighted by Gasteiger charge is -2.32. The molecule has 1 aliphatic rings. The topological polar surface area (TPSA) is 81.6 Å². The van der Waals surface area contributed by atoms with E-state index in [1.54, 1.807) is 6.07 Å². The minimum absolute atomic E-state index is 0.00603. The zero-order valence-electron chi connectivity index (χ0n) is 13.9. The number of halogens is 2. The fraction of sp³-hybridized carbons (Fsp3) is 0.375. The molecule has 10 heteroatoms. The van der Waals surface area contributed by atoms with Crippen LogP contribution in [0.2, 0.25) is 10.0 Å². The van der Waals surface area contributed by atoms with Crippen LogP contribution in [0.5, 0.6) is 11.8 Å². The number of hydrogen-bond donors (Lipinski definition) is 0. The van der Waals surface area contributed by atoms with E-state index in [2.05, 4.69) is 9.97 Å². The fourth-order valence-electron chi connectivity index (χ4n) is 2.69. The standard InChI is InChI=1S/C16H17Cl2N3O4S/c1-24-15-8-19-9-16(20-15)25-12-3-2-6-21(10-12)26(22,23)14-7-11(17)4-5-13(14)18/h4-5,7-9,12H,2-3,6,10H2,1H3. The van der Waals surface area contributed by atoms with E-state index in [-0.39, 0.29) is 28.4 Å². The smallest absolute Gasteiger partial charge is 0.244 e. The van der Waals surface area contributed by atoms with Crippen molar-refractivity contribution in [2.24, 2.45) is 0 Å². The van der Waals surface area contributed by atoms with E-state index in [9.17, 15) is 8.42 Å². The Morgan fingerprint density at radius 3 is 2.77 bits per heavy atom. The molecule has 1 aromatic carbocycles. The summed E-state index contributed by atoms with van der Waals surface area (Å²) in [5.41, 5.74) is 0. The molecule has 7 nitrogen and oxygen atoms in total. The summed E-state index contributed by atoms with van der Waals surface area (Å²) in [6, 6.07) is 4.38. The predicted octanol–water partition coefficient (Wildman–Crippen LogP) is 3.02. The monoisotopic (exact) mass is 417 g/mol. The summed E-state index contributed by atoms with van der Waals surface area (Å²) in [5.74, 6) is 0.614. The van der Waals surface area contributed by atoms with E-state index < -0.39 is 10.0 Å². The van der Waals surface area contributed by atoms with Gasteiger partial charge in [-0.05, 0) is 31.0 Å². The highest BCUT2D eigenvalue weighted by Crippen LogP contribution is 2.30. The summed E-state index contributed by atoms with van der Waals surface area (Å²) >= 11 is 12.0. The molecular formula is C16H17Cl2N3O4S. The van der Waals surface area contributed by atoms with Crippen molar-refractivity contribution in [2.45, 2.75) is 23.8 Å². The molecule has 1 unspecified atom stereocenters. The Kier molecular flexibility index (Phi) is 5.86. The number of hydrogen-bond acceptors (Lipinski definition) is 6. The Morgan fingerprint density at radius 2 is 2.00 bits per heavy atom. The molecule has 1 fully saturated rings. The molecule has 3 rings (SSSR count). The fourth-order valence-corrected chi connectivity index (χ4v) is 4.94. The third-order valence-corrected chi connectivity index (χ3v) is 6.52. The van der Waals surface area contributed by atoms with Crippen LogP contribution in [0.4, 0.5) is 0 Å². The quantitative estimate of drug-likeness (QED) is 0.743. The third kappa shape index (κ3) is 4.20. The zero-order valence-corrected chi connectivity index (χ0v) is 16.3. The Balaban J connectivity index is 1.78. The highest BCUT2D eigenvalue weighted by Gasteiger charge is 2.33. The predicted molar refractivity (Wildman–Crippen MR) is 97.5 cm³/mol. The average Bonchev–Trinajstić information content (AvgIpc) is 2.64. The van der Waals surface area contributed by atoms with Crippen molar-refractivity contribution < 1.29 is 17.9 Å². The first-order valence-corrected chi connectivity index (χ1v) is 10.1. The van der Waals surface area contributed by atoms with Crippen LogP contribution in [0.25, 0.3) is 0 Å². The number of sulfonamides is 1. The number of methoxy groups -OCH3 is 1. The highest BCUT2D eigenvalue weighted by molar-refractivity contribution is 7.89. The molecule has 0 saturated carbocycles. The Bertz CT molecular complexity index is 895. The van der Waals surface area contributed by atoms with Crippen molar-refractivity contribution in [1.82, 2.24) is 14.3 Å². The Morgan fingerprint density at radius 1 is 1.23 bits per heavy atom. The summed E-state index contributed by atoms with van der Waals surface area (Å²) in [4.78, 5) is 8.12. The van der Waals surface area contributed by atoms with Crippen LogP contribution in [-0.4, -0.2) is 49.0 Å². The number of nitrogens with zero attached hydrogens (tertiary/aromatic N) is 3. The van der Waals surface area contributed by atoms with Crippen LogP contribution in [0.3, 0.4) is 0 Å². The van der Waals surface area contributed by atoms with Crippen molar-refractivity contribution in [2.75, 3.05) is 20.2 Å². The highest BCUT2D eigenvalue weighted by atomic mass is 35.5. The summed E-state index contributed by atoms with van der Waals surface area (Å²) < 4.78 is 38.0. The second kappa shape index (κ2) is 7.96. The largest absolute Gasteiger partial charge is 0.480 e. The van der Waals surface area contributed by atoms with Gasteiger partial charge in [0.25, 0.3) is 0 Å². The van der Waals surface area contributed by atoms with Crippen LogP contribution in [0, 0.1) is 0 Å². The molecule has 0 N–H and O–H groups in total. The lowest BCUT2D eigenvalue weighted by molar-refractivity contribution is 0.123. The van der Waals surface area contributed by atoms with Crippen molar-refractivity contribution >= 4 is 33.2 Å². The molecule has 1 aromatic heterocycles. The van der Waals surface area contributed by atoms with Crippen LogP contribution >= 0.6 is 23.2 Å². The molecule has 1 aliphatic heterocycles. The molecule has 0 radical (unpaired) electrons. The van der Waals surface area contributed by atoms with Crippen molar-refractivity contribution in [3.05, 3.63) is 40.6 Å². The summed E-state index contributed by atoms with van der Waals surface area (Å²) in [6.45, 7) is 0.568. The lowest BCUT2D eigenvalue weighted by atomic mass is 10.1. The second-order valence-corrected chi connectivity index (χ2v) is 8.47. The number of aromatic nitrogens is 2. The van der Waals surface area contributed by atoms with Gasteiger partial charge in [-0.1, -0.05) is 23.2 Å². The normalized spacial score (nSPS) is 18.5. The molecule has 1 atom stereocenters. The molecule has 2 heterocycles. The first kappa shape index (κ1) is 19.2. The summed E-state index contributed by atoms with van der Waals surface area (Å²) in [6.07, 6.45) is 3.93. The van der Waals surface area contributed by atoms with Gasteiger partial charge in [0.2, 0.25) is 21.8 Å². The van der Waals surface area contributed by atoms with Gasteiger partial charge in [0.05, 0.1) is 31.1 Å². The van der Waals surface area contributed by atoms with Crippen molar-refractivity contribution in [1.29, 1.82) is 0 Å². The molecule has 0 spiro atoms. The average molecular weight is 418 g/mol. The minimum Gasteiger partial charge on any atom is -0.480 e. The van der Waals surface area contributed by atoms with Gasteiger partial charge in [-0.25, -0.2) is 8.42 Å². The molecule has 2 aromatic rings. The number of benzene rings is 1. The minimum atomic E-state index is -3.78. The number of ether oxygens (including phenoxy) is 2. The Hall–Kier alpha value is -1.61. The van der Waals surface area contributed by atoms with Crippen LogP contribution in [0.1, 0.15) is 12.8 Å². The van der Waals surface area contributed by atoms with Gasteiger partial charge < -0.3 is 9.47 Å². The maximum absolute atomic E-state index is 12.9. The van der Waals surface area contributed by atoms with Gasteiger partial charge in [-0.3, -0.25) is 4.98 Å². The molecule has 0 aliphatic carbocycles. The van der Waals surface area contributed by atoms with Gasteiger partial charge in [-0.2, -0.15) is 9.29 Å². The SMILES string of the molecule is COc1cncc(OC2CCCN(S(=O)(=O)c3cc(Cl)ccc3Cl)C2)n1. The van der Waals surface area contributed by atoms with Gasteiger partial charge in [-0.15, -0.1) is 0 Å². The number of rotatable bonds is 5. The van der Waals surface area contributed by atoms with E-state index in [0.717, 1.165) is 0 Å². The van der Waals surface area contributed by atoms with E-state index in [1.165, 1.54) is 35.9 Å². The van der Waals surface area contributed by atoms with Gasteiger partial charge in [0, 0.05) is 11.6 Å². The van der Waals surface area contributed by atoms with Crippen LogP contribution in [-0.2, 0) is 10.0 Å². The lowest BCUT2D eigenvalue weighted by Crippen LogP contribution is -2.44. The van der Waals surface area contributed by atoms with E-state index in [4.69, 9.17) is 32.7 Å². The summed E-state index contributed by atoms with van der Waals surface area (Å²) in [5, 5.41) is 0.445. The van der Waals surface area contributed by atoms with Gasteiger partial charge >= 0.3 is 0 Å². The van der Waals surface area contributed by atoms with E-state index in [1.807, 2.05) is 0 Å². The Labute approximate surface area is 161 Å². The van der Waals surface area contributed by atoms with Crippen LogP contribution < -0.4 is 9.47 Å². The first-order chi connectivity index (χ1) is 12.4. The molecular weight excluding hydrogens is 401 g/mol. The molecule has 0 amide bonds. The maximum Gasteiger partial charge on any atom is 0.244 e. The molecule has 0 bridgehead atoms. The maximum atomic E-state index is 12.9. The zero-order chi connectivity index (χ0) is 18.7. The molecule has 26 heavy (non-hydrogen) atoms.